The van der Waals surface area contributed by atoms with Gasteiger partial charge in [0.15, 0.2) is 5.11 Å². The minimum absolute atomic E-state index is 0.0481. The fraction of sp³-hybridized carbons (Fsp3) is 0.208. The van der Waals surface area contributed by atoms with Crippen molar-refractivity contribution in [2.45, 2.75) is 33.3 Å². The third-order valence-corrected chi connectivity index (χ3v) is 6.05. The first kappa shape index (κ1) is 23.4. The molecule has 32 heavy (non-hydrogen) atoms. The van der Waals surface area contributed by atoms with Gasteiger partial charge in [-0.3, -0.25) is 14.9 Å². The molecule has 3 rings (SSSR count). The molecule has 2 amide bonds. The average molecular weight is 468 g/mol. The lowest BCUT2D eigenvalue weighted by Crippen LogP contribution is -2.34. The third-order valence-electron chi connectivity index (χ3n) is 4.64. The van der Waals surface area contributed by atoms with Gasteiger partial charge in [0, 0.05) is 16.9 Å². The lowest BCUT2D eigenvalue weighted by Gasteiger charge is -2.11. The lowest BCUT2D eigenvalue weighted by atomic mass is 10.1. The van der Waals surface area contributed by atoms with Crippen LogP contribution in [0.3, 0.4) is 0 Å². The summed E-state index contributed by atoms with van der Waals surface area (Å²) < 4.78 is 5.59. The zero-order valence-corrected chi connectivity index (χ0v) is 19.7. The van der Waals surface area contributed by atoms with Crippen molar-refractivity contribution in [1.82, 2.24) is 5.32 Å². The van der Waals surface area contributed by atoms with Crippen molar-refractivity contribution in [1.29, 1.82) is 0 Å². The van der Waals surface area contributed by atoms with Crippen molar-refractivity contribution >= 4 is 45.5 Å². The first-order valence-electron chi connectivity index (χ1n) is 10.1. The number of hydrogen-bond acceptors (Lipinski definition) is 5. The topological polar surface area (TPSA) is 93.4 Å². The van der Waals surface area contributed by atoms with Crippen molar-refractivity contribution in [2.24, 2.45) is 5.73 Å². The van der Waals surface area contributed by atoms with Gasteiger partial charge >= 0.3 is 0 Å². The largest absolute Gasteiger partial charge is 0.491 e. The van der Waals surface area contributed by atoms with Crippen LogP contribution in [0.4, 0.5) is 5.00 Å². The van der Waals surface area contributed by atoms with Crippen LogP contribution < -0.4 is 21.1 Å². The molecule has 0 radical (unpaired) electrons. The van der Waals surface area contributed by atoms with Crippen molar-refractivity contribution in [2.75, 3.05) is 5.32 Å². The van der Waals surface area contributed by atoms with Crippen LogP contribution in [-0.2, 0) is 6.42 Å². The maximum Gasteiger partial charge on any atom is 0.257 e. The molecule has 1 heterocycles. The smallest absolute Gasteiger partial charge is 0.257 e. The van der Waals surface area contributed by atoms with Crippen molar-refractivity contribution in [3.05, 3.63) is 81.7 Å². The van der Waals surface area contributed by atoms with Crippen LogP contribution in [0.15, 0.2) is 54.6 Å². The third kappa shape index (κ3) is 5.93. The summed E-state index contributed by atoms with van der Waals surface area (Å²) in [7, 11) is 0. The van der Waals surface area contributed by atoms with E-state index in [0.29, 0.717) is 28.3 Å². The van der Waals surface area contributed by atoms with E-state index in [4.69, 9.17) is 22.7 Å². The standard InChI is InChI=1S/C24H25N3O3S2/c1-14(2)30-18-11-9-17(10-12-18)22(29)26-24(31)27-23-20(21(25)28)15(3)19(32-23)13-16-7-5-4-6-8-16/h4-12,14H,13H2,1-3H3,(H2,25,28)(H2,26,27,29,31). The summed E-state index contributed by atoms with van der Waals surface area (Å²) in [5, 5.41) is 6.22. The molecule has 3 aromatic rings. The lowest BCUT2D eigenvalue weighted by molar-refractivity contribution is 0.0975. The summed E-state index contributed by atoms with van der Waals surface area (Å²) in [4.78, 5) is 25.6. The van der Waals surface area contributed by atoms with Crippen molar-refractivity contribution < 1.29 is 14.3 Å². The van der Waals surface area contributed by atoms with E-state index in [1.165, 1.54) is 11.3 Å². The van der Waals surface area contributed by atoms with Gasteiger partial charge in [-0.15, -0.1) is 11.3 Å². The number of benzene rings is 2. The van der Waals surface area contributed by atoms with Crippen LogP contribution in [0.1, 0.15) is 50.6 Å². The van der Waals surface area contributed by atoms with E-state index in [-0.39, 0.29) is 17.1 Å². The molecule has 6 nitrogen and oxygen atoms in total. The van der Waals surface area contributed by atoms with E-state index in [9.17, 15) is 9.59 Å². The molecule has 0 aliphatic heterocycles. The molecule has 0 aliphatic carbocycles. The molecular formula is C24H25N3O3S2. The molecule has 0 bridgehead atoms. The second-order valence-corrected chi connectivity index (χ2v) is 8.99. The number of ether oxygens (including phenoxy) is 1. The summed E-state index contributed by atoms with van der Waals surface area (Å²) in [5.41, 5.74) is 8.38. The molecule has 0 atom stereocenters. The number of nitrogens with one attached hydrogen (secondary N) is 2. The molecule has 0 fully saturated rings. The van der Waals surface area contributed by atoms with Crippen LogP contribution in [-0.4, -0.2) is 23.0 Å². The Hall–Kier alpha value is -3.23. The van der Waals surface area contributed by atoms with Gasteiger partial charge in [0.05, 0.1) is 11.7 Å². The van der Waals surface area contributed by atoms with E-state index >= 15 is 0 Å². The molecule has 0 saturated carbocycles. The van der Waals surface area contributed by atoms with Crippen LogP contribution in [0.2, 0.25) is 0 Å². The monoisotopic (exact) mass is 467 g/mol. The average Bonchev–Trinajstić information content (AvgIpc) is 3.03. The number of rotatable bonds is 7. The normalized spacial score (nSPS) is 10.6. The van der Waals surface area contributed by atoms with Crippen molar-refractivity contribution in [3.8, 4) is 5.75 Å². The highest BCUT2D eigenvalue weighted by Gasteiger charge is 2.21. The Morgan fingerprint density at radius 1 is 1.09 bits per heavy atom. The number of carbonyl (C=O) groups excluding carboxylic acids is 2. The minimum Gasteiger partial charge on any atom is -0.491 e. The number of nitrogens with two attached hydrogens (primary N) is 1. The predicted octanol–water partition coefficient (Wildman–Crippen LogP) is 4.66. The molecule has 2 aromatic carbocycles. The summed E-state index contributed by atoms with van der Waals surface area (Å²) in [5.74, 6) is -0.226. The summed E-state index contributed by atoms with van der Waals surface area (Å²) in [6, 6.07) is 16.7. The number of primary amides is 1. The molecule has 0 unspecified atom stereocenters. The van der Waals surface area contributed by atoms with Gasteiger partial charge in [-0.2, -0.15) is 0 Å². The van der Waals surface area contributed by atoms with Crippen LogP contribution >= 0.6 is 23.6 Å². The van der Waals surface area contributed by atoms with Crippen LogP contribution in [0.5, 0.6) is 5.75 Å². The molecule has 1 aromatic heterocycles. The Morgan fingerprint density at radius 2 is 1.75 bits per heavy atom. The zero-order valence-electron chi connectivity index (χ0n) is 18.1. The quantitative estimate of drug-likeness (QED) is 0.440. The molecule has 4 N–H and O–H groups in total. The maximum absolute atomic E-state index is 12.5. The van der Waals surface area contributed by atoms with Gasteiger partial charge in [-0.1, -0.05) is 30.3 Å². The fourth-order valence-corrected chi connectivity index (χ4v) is 4.67. The highest BCUT2D eigenvalue weighted by Crippen LogP contribution is 2.34. The number of hydrogen-bond donors (Lipinski definition) is 3. The maximum atomic E-state index is 12.5. The molecule has 8 heteroatoms. The second kappa shape index (κ2) is 10.4. The number of thiocarbonyl (C=S) groups is 1. The first-order chi connectivity index (χ1) is 15.2. The highest BCUT2D eigenvalue weighted by atomic mass is 32.1. The number of thiophene rings is 1. The summed E-state index contributed by atoms with van der Waals surface area (Å²) in [6.45, 7) is 5.73. The molecule has 166 valence electrons. The second-order valence-electron chi connectivity index (χ2n) is 7.48. The van der Waals surface area contributed by atoms with E-state index < -0.39 is 5.91 Å². The van der Waals surface area contributed by atoms with Gasteiger partial charge in [0.25, 0.3) is 11.8 Å². The number of anilines is 1. The van der Waals surface area contributed by atoms with Gasteiger partial charge in [0.2, 0.25) is 0 Å². The minimum atomic E-state index is -0.546. The summed E-state index contributed by atoms with van der Waals surface area (Å²) in [6.07, 6.45) is 0.718. The molecular weight excluding hydrogens is 442 g/mol. The molecule has 0 saturated heterocycles. The summed E-state index contributed by atoms with van der Waals surface area (Å²) >= 11 is 6.71. The Balaban J connectivity index is 1.71. The van der Waals surface area contributed by atoms with E-state index in [0.717, 1.165) is 16.0 Å². The predicted molar refractivity (Wildman–Crippen MR) is 133 cm³/mol. The Kier molecular flexibility index (Phi) is 7.61. The van der Waals surface area contributed by atoms with Crippen LogP contribution in [0, 0.1) is 6.92 Å². The zero-order chi connectivity index (χ0) is 23.3. The van der Waals surface area contributed by atoms with E-state index in [2.05, 4.69) is 10.6 Å². The van der Waals surface area contributed by atoms with Gasteiger partial charge in [0.1, 0.15) is 10.8 Å². The Morgan fingerprint density at radius 3 is 2.34 bits per heavy atom. The number of amides is 2. The van der Waals surface area contributed by atoms with Gasteiger partial charge < -0.3 is 15.8 Å². The Bertz CT molecular complexity index is 1120. The Labute approximate surface area is 196 Å². The van der Waals surface area contributed by atoms with Gasteiger partial charge in [-0.25, -0.2) is 0 Å². The van der Waals surface area contributed by atoms with E-state index in [1.807, 2.05) is 51.1 Å². The number of carbonyl (C=O) groups is 2. The highest BCUT2D eigenvalue weighted by molar-refractivity contribution is 7.80. The fourth-order valence-electron chi connectivity index (χ4n) is 3.16. The van der Waals surface area contributed by atoms with E-state index in [1.54, 1.807) is 24.3 Å². The molecule has 0 aliphatic rings. The SMILES string of the molecule is Cc1c(Cc2ccccc2)sc(NC(=S)NC(=O)c2ccc(OC(C)C)cc2)c1C(N)=O. The first-order valence-corrected chi connectivity index (χ1v) is 11.3. The molecule has 0 spiro atoms. The van der Waals surface area contributed by atoms with Gasteiger partial charge in [-0.05, 0) is 68.4 Å². The van der Waals surface area contributed by atoms with Crippen LogP contribution in [0.25, 0.3) is 0 Å². The van der Waals surface area contributed by atoms with Crippen molar-refractivity contribution in [3.63, 3.8) is 0 Å².